The summed E-state index contributed by atoms with van der Waals surface area (Å²) in [6, 6.07) is 8.48. The van der Waals surface area contributed by atoms with Gasteiger partial charge in [-0.1, -0.05) is 24.3 Å². The average Bonchev–Trinajstić information content (AvgIpc) is 2.82. The quantitative estimate of drug-likeness (QED) is 0.863. The van der Waals surface area contributed by atoms with Gasteiger partial charge in [0.1, 0.15) is 6.17 Å². The number of hydrogen-bond donors (Lipinski definition) is 2. The molecule has 108 valence electrons. The van der Waals surface area contributed by atoms with Gasteiger partial charge in [0, 0.05) is 6.04 Å². The third-order valence-corrected chi connectivity index (χ3v) is 4.56. The van der Waals surface area contributed by atoms with E-state index >= 15 is 0 Å². The Labute approximate surface area is 119 Å². The van der Waals surface area contributed by atoms with Crippen LogP contribution in [-0.4, -0.2) is 34.6 Å². The lowest BCUT2D eigenvalue weighted by atomic mass is 9.91. The minimum absolute atomic E-state index is 0.0102. The summed E-state index contributed by atoms with van der Waals surface area (Å²) < 4.78 is 0. The molecule has 1 aromatic rings. The molecular weight excluding hydrogens is 252 g/mol. The largest absolute Gasteiger partial charge is 0.393 e. The van der Waals surface area contributed by atoms with Crippen LogP contribution in [0.2, 0.25) is 0 Å². The van der Waals surface area contributed by atoms with Gasteiger partial charge in [-0.15, -0.1) is 0 Å². The van der Waals surface area contributed by atoms with E-state index in [1.807, 2.05) is 17.0 Å². The van der Waals surface area contributed by atoms with E-state index in [9.17, 15) is 9.90 Å². The fourth-order valence-corrected chi connectivity index (χ4v) is 3.42. The number of amides is 1. The van der Waals surface area contributed by atoms with Crippen LogP contribution in [0.4, 0.5) is 0 Å². The molecule has 0 aromatic heterocycles. The molecule has 2 aliphatic rings. The second kappa shape index (κ2) is 5.54. The normalized spacial score (nSPS) is 30.8. The Morgan fingerprint density at radius 2 is 1.90 bits per heavy atom. The van der Waals surface area contributed by atoms with Crippen molar-refractivity contribution in [2.75, 3.05) is 6.54 Å². The van der Waals surface area contributed by atoms with Gasteiger partial charge in [0.15, 0.2) is 0 Å². The van der Waals surface area contributed by atoms with Crippen molar-refractivity contribution in [2.24, 2.45) is 0 Å². The standard InChI is InChI=1S/C16H22N2O2/c1-11-4-2-3-5-14(11)16-17-10-15(20)18(16)12-6-8-13(19)9-7-12/h2-5,12-13,16-17,19H,6-10H2,1H3. The highest BCUT2D eigenvalue weighted by Crippen LogP contribution is 2.32. The first kappa shape index (κ1) is 13.6. The first-order chi connectivity index (χ1) is 9.66. The number of aliphatic hydroxyl groups is 1. The summed E-state index contributed by atoms with van der Waals surface area (Å²) in [6.07, 6.45) is 3.20. The second-order valence-electron chi connectivity index (χ2n) is 5.90. The van der Waals surface area contributed by atoms with Crippen molar-refractivity contribution in [3.8, 4) is 0 Å². The second-order valence-corrected chi connectivity index (χ2v) is 5.90. The van der Waals surface area contributed by atoms with Gasteiger partial charge in [-0.3, -0.25) is 10.1 Å². The molecule has 1 unspecified atom stereocenters. The maximum absolute atomic E-state index is 12.3. The number of carbonyl (C=O) groups excluding carboxylic acids is 1. The molecule has 1 amide bonds. The Kier molecular flexibility index (Phi) is 3.76. The molecule has 4 heteroatoms. The van der Waals surface area contributed by atoms with Crippen LogP contribution in [0.3, 0.4) is 0 Å². The number of rotatable bonds is 2. The van der Waals surface area contributed by atoms with Gasteiger partial charge in [-0.05, 0) is 43.7 Å². The van der Waals surface area contributed by atoms with Crippen molar-refractivity contribution in [1.82, 2.24) is 10.2 Å². The molecule has 1 aliphatic heterocycles. The first-order valence-corrected chi connectivity index (χ1v) is 7.45. The number of benzene rings is 1. The summed E-state index contributed by atoms with van der Waals surface area (Å²) in [7, 11) is 0. The average molecular weight is 274 g/mol. The van der Waals surface area contributed by atoms with E-state index in [1.54, 1.807) is 0 Å². The third-order valence-electron chi connectivity index (χ3n) is 4.56. The zero-order chi connectivity index (χ0) is 14.1. The molecule has 0 bridgehead atoms. The molecule has 1 aromatic carbocycles. The highest BCUT2D eigenvalue weighted by Gasteiger charge is 2.38. The summed E-state index contributed by atoms with van der Waals surface area (Å²) in [4.78, 5) is 14.3. The van der Waals surface area contributed by atoms with E-state index in [2.05, 4.69) is 24.4 Å². The number of nitrogens with one attached hydrogen (secondary N) is 1. The Balaban J connectivity index is 1.84. The van der Waals surface area contributed by atoms with Crippen LogP contribution in [0.15, 0.2) is 24.3 Å². The van der Waals surface area contributed by atoms with Crippen LogP contribution in [0, 0.1) is 6.92 Å². The number of aryl methyl sites for hydroxylation is 1. The Morgan fingerprint density at radius 3 is 2.60 bits per heavy atom. The molecule has 1 saturated carbocycles. The van der Waals surface area contributed by atoms with Crippen molar-refractivity contribution in [2.45, 2.75) is 50.9 Å². The van der Waals surface area contributed by atoms with E-state index in [0.717, 1.165) is 25.7 Å². The van der Waals surface area contributed by atoms with Crippen molar-refractivity contribution in [3.63, 3.8) is 0 Å². The molecule has 1 saturated heterocycles. The Bertz CT molecular complexity index is 495. The Morgan fingerprint density at radius 1 is 1.20 bits per heavy atom. The monoisotopic (exact) mass is 274 g/mol. The first-order valence-electron chi connectivity index (χ1n) is 7.45. The topological polar surface area (TPSA) is 52.6 Å². The van der Waals surface area contributed by atoms with E-state index in [1.165, 1.54) is 11.1 Å². The van der Waals surface area contributed by atoms with Crippen LogP contribution in [0.5, 0.6) is 0 Å². The summed E-state index contributed by atoms with van der Waals surface area (Å²) in [6.45, 7) is 2.50. The predicted octanol–water partition coefficient (Wildman–Crippen LogP) is 1.73. The van der Waals surface area contributed by atoms with Crippen molar-refractivity contribution in [1.29, 1.82) is 0 Å². The van der Waals surface area contributed by atoms with Crippen LogP contribution in [0.1, 0.15) is 43.0 Å². The van der Waals surface area contributed by atoms with Gasteiger partial charge < -0.3 is 10.0 Å². The lowest BCUT2D eigenvalue weighted by Gasteiger charge is -2.37. The van der Waals surface area contributed by atoms with Crippen LogP contribution >= 0.6 is 0 Å². The zero-order valence-corrected chi connectivity index (χ0v) is 11.9. The molecule has 2 N–H and O–H groups in total. The van der Waals surface area contributed by atoms with E-state index < -0.39 is 0 Å². The molecule has 0 spiro atoms. The van der Waals surface area contributed by atoms with Crippen molar-refractivity contribution in [3.05, 3.63) is 35.4 Å². The minimum Gasteiger partial charge on any atom is -0.393 e. The molecule has 3 rings (SSSR count). The van der Waals surface area contributed by atoms with Gasteiger partial charge in [0.2, 0.25) is 5.91 Å². The maximum Gasteiger partial charge on any atom is 0.238 e. The summed E-state index contributed by atoms with van der Waals surface area (Å²) in [5, 5.41) is 13.0. The molecular formula is C16H22N2O2. The third kappa shape index (κ3) is 2.45. The number of nitrogens with zero attached hydrogens (tertiary/aromatic N) is 1. The van der Waals surface area contributed by atoms with Crippen molar-refractivity contribution >= 4 is 5.91 Å². The number of carbonyl (C=O) groups is 1. The van der Waals surface area contributed by atoms with Gasteiger partial charge in [-0.25, -0.2) is 0 Å². The van der Waals surface area contributed by atoms with Crippen LogP contribution in [-0.2, 0) is 4.79 Å². The minimum atomic E-state index is -0.186. The van der Waals surface area contributed by atoms with Gasteiger partial charge in [0.05, 0.1) is 12.6 Å². The molecule has 0 radical (unpaired) electrons. The zero-order valence-electron chi connectivity index (χ0n) is 11.9. The maximum atomic E-state index is 12.3. The number of aliphatic hydroxyl groups excluding tert-OH is 1. The molecule has 20 heavy (non-hydrogen) atoms. The van der Waals surface area contributed by atoms with Gasteiger partial charge in [0.25, 0.3) is 0 Å². The molecule has 1 aliphatic carbocycles. The van der Waals surface area contributed by atoms with Gasteiger partial charge in [-0.2, -0.15) is 0 Å². The fourth-order valence-electron chi connectivity index (χ4n) is 3.42. The molecule has 1 atom stereocenters. The van der Waals surface area contributed by atoms with E-state index in [4.69, 9.17) is 0 Å². The van der Waals surface area contributed by atoms with E-state index in [-0.39, 0.29) is 24.2 Å². The highest BCUT2D eigenvalue weighted by atomic mass is 16.3. The lowest BCUT2D eigenvalue weighted by Crippen LogP contribution is -2.42. The lowest BCUT2D eigenvalue weighted by molar-refractivity contribution is -0.131. The number of hydrogen-bond acceptors (Lipinski definition) is 3. The van der Waals surface area contributed by atoms with Crippen LogP contribution < -0.4 is 5.32 Å². The van der Waals surface area contributed by atoms with Gasteiger partial charge >= 0.3 is 0 Å². The Hall–Kier alpha value is -1.39. The smallest absolute Gasteiger partial charge is 0.238 e. The fraction of sp³-hybridized carbons (Fsp3) is 0.562. The SMILES string of the molecule is Cc1ccccc1C1NCC(=O)N1C1CCC(O)CC1. The molecule has 4 nitrogen and oxygen atoms in total. The van der Waals surface area contributed by atoms with Crippen molar-refractivity contribution < 1.29 is 9.90 Å². The van der Waals surface area contributed by atoms with Crippen LogP contribution in [0.25, 0.3) is 0 Å². The highest BCUT2D eigenvalue weighted by molar-refractivity contribution is 5.81. The summed E-state index contributed by atoms with van der Waals surface area (Å²) in [5.41, 5.74) is 2.39. The molecule has 1 heterocycles. The molecule has 2 fully saturated rings. The van der Waals surface area contributed by atoms with E-state index in [0.29, 0.717) is 6.54 Å². The summed E-state index contributed by atoms with van der Waals surface area (Å²) in [5.74, 6) is 0.180. The summed E-state index contributed by atoms with van der Waals surface area (Å²) >= 11 is 0. The predicted molar refractivity (Wildman–Crippen MR) is 77.0 cm³/mol.